The van der Waals surface area contributed by atoms with Crippen LogP contribution < -0.4 is 0 Å². The standard InChI is InChI=1S/C12H18NO4PS/c1-4-19(15,16)18(14)13(3)10(2)12(17-18)11-8-6-5-7-9-11/h5-10,12H,4H2,1-3H3/t10-,12-,18-/m1/s1. The van der Waals surface area contributed by atoms with Crippen molar-refractivity contribution in [2.45, 2.75) is 26.0 Å². The molecule has 0 aromatic heterocycles. The molecule has 1 aromatic carbocycles. The van der Waals surface area contributed by atoms with Crippen LogP contribution in [0.4, 0.5) is 0 Å². The first-order valence-corrected chi connectivity index (χ1v) is 9.96. The molecule has 0 N–H and O–H groups in total. The van der Waals surface area contributed by atoms with Crippen molar-refractivity contribution >= 4 is 16.2 Å². The molecule has 7 heteroatoms. The quantitative estimate of drug-likeness (QED) is 0.803. The van der Waals surface area contributed by atoms with E-state index in [0.717, 1.165) is 5.56 Å². The zero-order valence-electron chi connectivity index (χ0n) is 11.2. The maximum atomic E-state index is 12.7. The number of nitrogens with zero attached hydrogens (tertiary/aromatic N) is 1. The van der Waals surface area contributed by atoms with Crippen LogP contribution in [0.5, 0.6) is 0 Å². The third-order valence-electron chi connectivity index (χ3n) is 3.51. The molecule has 3 atom stereocenters. The summed E-state index contributed by atoms with van der Waals surface area (Å²) in [7, 11) is -2.22. The molecule has 0 aliphatic carbocycles. The van der Waals surface area contributed by atoms with Crippen LogP contribution >= 0.6 is 6.72 Å². The molecule has 19 heavy (non-hydrogen) atoms. The van der Waals surface area contributed by atoms with E-state index in [2.05, 4.69) is 0 Å². The smallest absolute Gasteiger partial charge is 0.297 e. The molecular weight excluding hydrogens is 285 g/mol. The summed E-state index contributed by atoms with van der Waals surface area (Å²) >= 11 is 0. The van der Waals surface area contributed by atoms with Crippen LogP contribution in [0.3, 0.4) is 0 Å². The molecule has 1 aromatic rings. The van der Waals surface area contributed by atoms with Crippen LogP contribution in [0, 0.1) is 0 Å². The predicted octanol–water partition coefficient (Wildman–Crippen LogP) is 2.62. The fourth-order valence-electron chi connectivity index (χ4n) is 2.13. The molecule has 0 unspecified atom stereocenters. The number of benzene rings is 1. The Bertz CT molecular complexity index is 601. The van der Waals surface area contributed by atoms with E-state index in [1.54, 1.807) is 7.05 Å². The summed E-state index contributed by atoms with van der Waals surface area (Å²) in [4.78, 5) is 0. The second kappa shape index (κ2) is 5.02. The predicted molar refractivity (Wildman–Crippen MR) is 74.6 cm³/mol. The summed E-state index contributed by atoms with van der Waals surface area (Å²) in [5, 5.41) is 0. The molecule has 106 valence electrons. The van der Waals surface area contributed by atoms with Gasteiger partial charge in [-0.05, 0) is 19.5 Å². The van der Waals surface area contributed by atoms with Gasteiger partial charge in [0.25, 0.3) is 0 Å². The first kappa shape index (κ1) is 14.7. The Balaban J connectivity index is 2.43. The molecule has 0 saturated carbocycles. The normalized spacial score (nSPS) is 32.6. The van der Waals surface area contributed by atoms with E-state index in [1.165, 1.54) is 11.6 Å². The number of likely N-dealkylation sites (N-methyl/N-ethyl adjacent to an activating group) is 1. The lowest BCUT2D eigenvalue weighted by Gasteiger charge is -2.19. The Morgan fingerprint density at radius 1 is 1.32 bits per heavy atom. The van der Waals surface area contributed by atoms with Gasteiger partial charge >= 0.3 is 6.72 Å². The molecule has 5 nitrogen and oxygen atoms in total. The van der Waals surface area contributed by atoms with E-state index < -0.39 is 22.3 Å². The minimum Gasteiger partial charge on any atom is -0.297 e. The van der Waals surface area contributed by atoms with Gasteiger partial charge in [-0.1, -0.05) is 37.3 Å². The van der Waals surface area contributed by atoms with Crippen LogP contribution in [-0.2, 0) is 18.5 Å². The molecule has 1 aliphatic rings. The van der Waals surface area contributed by atoms with Gasteiger partial charge in [0.05, 0.1) is 5.75 Å². The second-order valence-corrected chi connectivity index (χ2v) is 11.2. The first-order chi connectivity index (χ1) is 8.83. The average molecular weight is 303 g/mol. The van der Waals surface area contributed by atoms with E-state index in [9.17, 15) is 13.0 Å². The maximum Gasteiger partial charge on any atom is 0.385 e. The summed E-state index contributed by atoms with van der Waals surface area (Å²) in [6.45, 7) is -0.535. The van der Waals surface area contributed by atoms with E-state index in [1.807, 2.05) is 37.3 Å². The van der Waals surface area contributed by atoms with Gasteiger partial charge in [-0.15, -0.1) is 0 Å². The lowest BCUT2D eigenvalue weighted by Crippen LogP contribution is -2.25. The Kier molecular flexibility index (Phi) is 3.89. The number of hydrogen-bond donors (Lipinski definition) is 0. The fraction of sp³-hybridized carbons (Fsp3) is 0.500. The number of hydrogen-bond acceptors (Lipinski definition) is 4. The van der Waals surface area contributed by atoms with Crippen LogP contribution in [0.25, 0.3) is 0 Å². The van der Waals surface area contributed by atoms with Gasteiger partial charge in [0.15, 0.2) is 0 Å². The Labute approximate surface area is 113 Å². The summed E-state index contributed by atoms with van der Waals surface area (Å²) in [6.07, 6.45) is -0.488. The van der Waals surface area contributed by atoms with Gasteiger partial charge in [0.2, 0.25) is 9.46 Å². The van der Waals surface area contributed by atoms with Crippen molar-refractivity contribution in [3.05, 3.63) is 35.9 Å². The summed E-state index contributed by atoms with van der Waals surface area (Å²) in [6, 6.07) is 9.02. The van der Waals surface area contributed by atoms with Crippen molar-refractivity contribution in [3.63, 3.8) is 0 Å². The lowest BCUT2D eigenvalue weighted by molar-refractivity contribution is 0.213. The Morgan fingerprint density at radius 2 is 1.89 bits per heavy atom. The van der Waals surface area contributed by atoms with Gasteiger partial charge in [0, 0.05) is 6.04 Å². The van der Waals surface area contributed by atoms with Gasteiger partial charge in [-0.2, -0.15) is 0 Å². The Morgan fingerprint density at radius 3 is 2.42 bits per heavy atom. The van der Waals surface area contributed by atoms with E-state index in [-0.39, 0.29) is 11.8 Å². The minimum absolute atomic E-state index is 0.192. The lowest BCUT2D eigenvalue weighted by atomic mass is 10.0. The maximum absolute atomic E-state index is 12.7. The van der Waals surface area contributed by atoms with Crippen LogP contribution in [0.15, 0.2) is 30.3 Å². The van der Waals surface area contributed by atoms with Gasteiger partial charge in [0.1, 0.15) is 6.10 Å². The van der Waals surface area contributed by atoms with Gasteiger partial charge in [-0.3, -0.25) is 9.09 Å². The SMILES string of the molecule is CCS(=O)(=O)[P@]1(=O)O[C@@H](c2ccccc2)[C@@H](C)N1C. The van der Waals surface area contributed by atoms with Crippen LogP contribution in [-0.4, -0.2) is 31.9 Å². The molecule has 0 spiro atoms. The van der Waals surface area contributed by atoms with Crippen molar-refractivity contribution in [2.24, 2.45) is 0 Å². The van der Waals surface area contributed by atoms with E-state index >= 15 is 0 Å². The Hall–Kier alpha value is -0.680. The molecule has 0 radical (unpaired) electrons. The average Bonchev–Trinajstić information content (AvgIpc) is 2.66. The highest BCUT2D eigenvalue weighted by molar-refractivity contribution is 8.50. The highest BCUT2D eigenvalue weighted by Gasteiger charge is 2.54. The number of rotatable bonds is 3. The van der Waals surface area contributed by atoms with E-state index in [0.29, 0.717) is 0 Å². The zero-order chi connectivity index (χ0) is 14.3. The van der Waals surface area contributed by atoms with Crippen LogP contribution in [0.1, 0.15) is 25.5 Å². The third-order valence-corrected chi connectivity index (χ3v) is 10.5. The third kappa shape index (κ3) is 2.27. The molecule has 1 fully saturated rings. The highest BCUT2D eigenvalue weighted by Crippen LogP contribution is 2.66. The summed E-state index contributed by atoms with van der Waals surface area (Å²) < 4.78 is 43.6. The first-order valence-electron chi connectivity index (χ1n) is 6.13. The van der Waals surface area contributed by atoms with Crippen LogP contribution in [0.2, 0.25) is 0 Å². The minimum atomic E-state index is -3.84. The zero-order valence-corrected chi connectivity index (χ0v) is 12.9. The highest BCUT2D eigenvalue weighted by atomic mass is 32.8. The van der Waals surface area contributed by atoms with Crippen molar-refractivity contribution in [2.75, 3.05) is 12.8 Å². The van der Waals surface area contributed by atoms with E-state index in [4.69, 9.17) is 4.52 Å². The van der Waals surface area contributed by atoms with Crippen molar-refractivity contribution in [3.8, 4) is 0 Å². The molecule has 1 heterocycles. The molecule has 0 amide bonds. The fourth-order valence-corrected chi connectivity index (χ4v) is 7.56. The topological polar surface area (TPSA) is 63.7 Å². The molecule has 1 aliphatic heterocycles. The largest absolute Gasteiger partial charge is 0.385 e. The molecule has 2 rings (SSSR count). The monoisotopic (exact) mass is 303 g/mol. The molecule has 0 bridgehead atoms. The van der Waals surface area contributed by atoms with Crippen molar-refractivity contribution < 1.29 is 17.5 Å². The summed E-state index contributed by atoms with van der Waals surface area (Å²) in [5.74, 6) is -0.192. The van der Waals surface area contributed by atoms with Crippen molar-refractivity contribution in [1.82, 2.24) is 4.67 Å². The van der Waals surface area contributed by atoms with Gasteiger partial charge in [-0.25, -0.2) is 13.1 Å². The molecular formula is C12H18NO4PS. The van der Waals surface area contributed by atoms with Gasteiger partial charge < -0.3 is 0 Å². The molecule has 1 saturated heterocycles. The van der Waals surface area contributed by atoms with Crippen molar-refractivity contribution in [1.29, 1.82) is 0 Å². The second-order valence-electron chi connectivity index (χ2n) is 4.59. The summed E-state index contributed by atoms with van der Waals surface area (Å²) in [5.41, 5.74) is 0.839.